The van der Waals surface area contributed by atoms with Crippen LogP contribution in [-0.2, 0) is 4.53 Å². The number of hydrogen-bond acceptors (Lipinski definition) is 2. The molecule has 2 nitrogen and oxygen atoms in total. The summed E-state index contributed by atoms with van der Waals surface area (Å²) >= 11 is 0. The second-order valence-electron chi connectivity index (χ2n) is 5.39. The van der Waals surface area contributed by atoms with Gasteiger partial charge in [0.1, 0.15) is 0 Å². The predicted molar refractivity (Wildman–Crippen MR) is 59.1 cm³/mol. The molecule has 1 aliphatic heterocycles. The summed E-state index contributed by atoms with van der Waals surface area (Å²) in [7, 11) is -0.879. The minimum atomic E-state index is -0.879. The SMILES string of the molecule is C[SiH](C)ON1CCC(C(C)(C)C)C1. The molecule has 1 saturated heterocycles. The van der Waals surface area contributed by atoms with Gasteiger partial charge in [-0.1, -0.05) is 20.8 Å². The second-order valence-corrected chi connectivity index (χ2v) is 7.70. The van der Waals surface area contributed by atoms with E-state index in [9.17, 15) is 0 Å². The van der Waals surface area contributed by atoms with E-state index in [0.29, 0.717) is 5.41 Å². The standard InChI is InChI=1S/C10H23NOSi/c1-10(2,3)9-6-7-11(8-9)12-13(4)5/h9,13H,6-8H2,1-5H3. The third kappa shape index (κ3) is 3.41. The predicted octanol–water partition coefficient (Wildman–Crippen LogP) is 2.27. The average molecular weight is 201 g/mol. The van der Waals surface area contributed by atoms with Gasteiger partial charge in [0, 0.05) is 13.1 Å². The first-order valence-electron chi connectivity index (χ1n) is 5.31. The summed E-state index contributed by atoms with van der Waals surface area (Å²) in [4.78, 5) is 0. The minimum absolute atomic E-state index is 0.441. The van der Waals surface area contributed by atoms with Crippen LogP contribution in [-0.4, -0.2) is 27.2 Å². The molecule has 1 fully saturated rings. The van der Waals surface area contributed by atoms with Crippen LogP contribution in [0.5, 0.6) is 0 Å². The number of nitrogens with zero attached hydrogens (tertiary/aromatic N) is 1. The van der Waals surface area contributed by atoms with Crippen LogP contribution >= 0.6 is 0 Å². The third-order valence-corrected chi connectivity index (χ3v) is 3.46. The highest BCUT2D eigenvalue weighted by Crippen LogP contribution is 2.33. The lowest BCUT2D eigenvalue weighted by Gasteiger charge is -2.27. The Labute approximate surface area is 83.9 Å². The fraction of sp³-hybridized carbons (Fsp3) is 1.00. The Morgan fingerprint density at radius 1 is 1.31 bits per heavy atom. The van der Waals surface area contributed by atoms with Crippen molar-refractivity contribution in [2.75, 3.05) is 13.1 Å². The Morgan fingerprint density at radius 3 is 2.31 bits per heavy atom. The first-order chi connectivity index (χ1) is 5.89. The van der Waals surface area contributed by atoms with Crippen LogP contribution in [0.25, 0.3) is 0 Å². The lowest BCUT2D eigenvalue weighted by atomic mass is 9.80. The highest BCUT2D eigenvalue weighted by atomic mass is 28.3. The molecule has 0 N–H and O–H groups in total. The van der Waals surface area contributed by atoms with Crippen molar-refractivity contribution in [1.29, 1.82) is 0 Å². The van der Waals surface area contributed by atoms with Gasteiger partial charge in [-0.25, -0.2) is 5.06 Å². The van der Waals surface area contributed by atoms with Crippen molar-refractivity contribution in [2.24, 2.45) is 11.3 Å². The Kier molecular flexibility index (Phi) is 3.55. The van der Waals surface area contributed by atoms with Crippen molar-refractivity contribution in [2.45, 2.75) is 40.3 Å². The van der Waals surface area contributed by atoms with Crippen LogP contribution < -0.4 is 0 Å². The fourth-order valence-electron chi connectivity index (χ4n) is 1.83. The number of hydrogen-bond donors (Lipinski definition) is 0. The van der Waals surface area contributed by atoms with Gasteiger partial charge >= 0.3 is 0 Å². The van der Waals surface area contributed by atoms with Crippen LogP contribution in [0.2, 0.25) is 13.1 Å². The lowest BCUT2D eigenvalue weighted by Crippen LogP contribution is -2.29. The molecule has 0 aromatic rings. The summed E-state index contributed by atoms with van der Waals surface area (Å²) in [5.41, 5.74) is 0.441. The van der Waals surface area contributed by atoms with Gasteiger partial charge in [-0.3, -0.25) is 0 Å². The summed E-state index contributed by atoms with van der Waals surface area (Å²) < 4.78 is 5.81. The van der Waals surface area contributed by atoms with E-state index in [2.05, 4.69) is 38.9 Å². The van der Waals surface area contributed by atoms with E-state index >= 15 is 0 Å². The first-order valence-corrected chi connectivity index (χ1v) is 8.09. The third-order valence-electron chi connectivity index (χ3n) is 2.74. The molecule has 0 saturated carbocycles. The van der Waals surface area contributed by atoms with Crippen LogP contribution in [0.3, 0.4) is 0 Å². The van der Waals surface area contributed by atoms with Gasteiger partial charge in [0.2, 0.25) is 0 Å². The number of rotatable bonds is 2. The van der Waals surface area contributed by atoms with Crippen molar-refractivity contribution >= 4 is 9.04 Å². The fourth-order valence-corrected chi connectivity index (χ4v) is 2.62. The largest absolute Gasteiger partial charge is 0.347 e. The van der Waals surface area contributed by atoms with E-state index in [1.54, 1.807) is 0 Å². The van der Waals surface area contributed by atoms with Gasteiger partial charge in [-0.2, -0.15) is 0 Å². The van der Waals surface area contributed by atoms with Crippen LogP contribution in [0, 0.1) is 11.3 Å². The Morgan fingerprint density at radius 2 is 1.92 bits per heavy atom. The van der Waals surface area contributed by atoms with E-state index in [1.807, 2.05) is 0 Å². The highest BCUT2D eigenvalue weighted by Gasteiger charge is 2.32. The summed E-state index contributed by atoms with van der Waals surface area (Å²) in [6.45, 7) is 13.7. The van der Waals surface area contributed by atoms with E-state index in [-0.39, 0.29) is 0 Å². The van der Waals surface area contributed by atoms with Gasteiger partial charge in [0.15, 0.2) is 9.04 Å². The maximum atomic E-state index is 5.81. The van der Waals surface area contributed by atoms with E-state index in [4.69, 9.17) is 4.53 Å². The normalized spacial score (nSPS) is 25.8. The molecule has 0 aromatic carbocycles. The van der Waals surface area contributed by atoms with Crippen LogP contribution in [0.4, 0.5) is 0 Å². The van der Waals surface area contributed by atoms with Gasteiger partial charge < -0.3 is 4.53 Å². The summed E-state index contributed by atoms with van der Waals surface area (Å²) in [6.07, 6.45) is 1.30. The molecular weight excluding hydrogens is 178 g/mol. The van der Waals surface area contributed by atoms with Gasteiger partial charge in [-0.05, 0) is 30.8 Å². The zero-order valence-electron chi connectivity index (χ0n) is 9.63. The minimum Gasteiger partial charge on any atom is -0.347 e. The summed E-state index contributed by atoms with van der Waals surface area (Å²) in [5.74, 6) is 0.806. The maximum absolute atomic E-state index is 5.81. The molecular formula is C10H23NOSi. The molecule has 0 radical (unpaired) electrons. The molecule has 1 rings (SSSR count). The molecule has 78 valence electrons. The molecule has 0 bridgehead atoms. The summed E-state index contributed by atoms with van der Waals surface area (Å²) in [6, 6.07) is 0. The molecule has 0 aliphatic carbocycles. The van der Waals surface area contributed by atoms with Crippen LogP contribution in [0.1, 0.15) is 27.2 Å². The molecule has 1 aliphatic rings. The van der Waals surface area contributed by atoms with Crippen molar-refractivity contribution in [3.8, 4) is 0 Å². The molecule has 0 aromatic heterocycles. The first kappa shape index (κ1) is 11.2. The Bertz CT molecular complexity index is 165. The lowest BCUT2D eigenvalue weighted by molar-refractivity contribution is -0.0454. The quantitative estimate of drug-likeness (QED) is 0.636. The summed E-state index contributed by atoms with van der Waals surface area (Å²) in [5, 5.41) is 2.19. The maximum Gasteiger partial charge on any atom is 0.199 e. The molecule has 1 unspecified atom stereocenters. The highest BCUT2D eigenvalue weighted by molar-refractivity contribution is 6.48. The zero-order valence-corrected chi connectivity index (χ0v) is 10.8. The van der Waals surface area contributed by atoms with Gasteiger partial charge in [0.05, 0.1) is 0 Å². The van der Waals surface area contributed by atoms with Gasteiger partial charge in [-0.15, -0.1) is 0 Å². The van der Waals surface area contributed by atoms with Crippen molar-refractivity contribution in [3.63, 3.8) is 0 Å². The van der Waals surface area contributed by atoms with E-state index in [1.165, 1.54) is 6.42 Å². The number of hydroxylamine groups is 2. The molecule has 0 amide bonds. The Balaban J connectivity index is 2.36. The molecule has 1 heterocycles. The molecule has 1 atom stereocenters. The molecule has 3 heteroatoms. The van der Waals surface area contributed by atoms with Crippen molar-refractivity contribution in [3.05, 3.63) is 0 Å². The topological polar surface area (TPSA) is 12.5 Å². The molecule has 0 spiro atoms. The van der Waals surface area contributed by atoms with Crippen molar-refractivity contribution < 1.29 is 4.53 Å². The molecule has 13 heavy (non-hydrogen) atoms. The average Bonchev–Trinajstić information content (AvgIpc) is 2.32. The van der Waals surface area contributed by atoms with Crippen LogP contribution in [0.15, 0.2) is 0 Å². The second kappa shape index (κ2) is 4.11. The smallest absolute Gasteiger partial charge is 0.199 e. The van der Waals surface area contributed by atoms with E-state index < -0.39 is 9.04 Å². The van der Waals surface area contributed by atoms with Crippen molar-refractivity contribution in [1.82, 2.24) is 5.06 Å². The zero-order chi connectivity index (χ0) is 10.1. The van der Waals surface area contributed by atoms with E-state index in [0.717, 1.165) is 19.0 Å². The Hall–Kier alpha value is 0.137. The monoisotopic (exact) mass is 201 g/mol. The van der Waals surface area contributed by atoms with Gasteiger partial charge in [0.25, 0.3) is 0 Å².